The predicted octanol–water partition coefficient (Wildman–Crippen LogP) is 1.98. The molecule has 0 aliphatic rings. The first kappa shape index (κ1) is 9.13. The number of halogens is 1. The fourth-order valence-corrected chi connectivity index (χ4v) is 1.20. The Balaban J connectivity index is 3.38. The Morgan fingerprint density at radius 3 is 2.58 bits per heavy atom. The Morgan fingerprint density at radius 2 is 2.08 bits per heavy atom. The lowest BCUT2D eigenvalue weighted by Crippen LogP contribution is -2.21. The van der Waals surface area contributed by atoms with Crippen LogP contribution in [-0.2, 0) is 0 Å². The zero-order valence-electron chi connectivity index (χ0n) is 7.00. The summed E-state index contributed by atoms with van der Waals surface area (Å²) in [6.07, 6.45) is 0. The van der Waals surface area contributed by atoms with Crippen LogP contribution in [0.4, 0.5) is 0 Å². The highest BCUT2D eigenvalue weighted by molar-refractivity contribution is 6.30. The van der Waals surface area contributed by atoms with E-state index >= 15 is 0 Å². The number of pyridine rings is 1. The number of hydrogen-bond donors (Lipinski definition) is 2. The van der Waals surface area contributed by atoms with E-state index in [1.807, 2.05) is 13.8 Å². The SMILES string of the molecule is CC(C)c1cc(Cl)cc(=N)n1O. The summed E-state index contributed by atoms with van der Waals surface area (Å²) in [5.74, 6) is 0.151. The van der Waals surface area contributed by atoms with Gasteiger partial charge in [-0.3, -0.25) is 5.41 Å². The topological polar surface area (TPSA) is 49.0 Å². The van der Waals surface area contributed by atoms with Crippen molar-refractivity contribution in [1.29, 1.82) is 5.41 Å². The van der Waals surface area contributed by atoms with Crippen molar-refractivity contribution < 1.29 is 5.21 Å². The van der Waals surface area contributed by atoms with Gasteiger partial charge in [-0.2, -0.15) is 4.73 Å². The average Bonchev–Trinajstić information content (AvgIpc) is 1.96. The van der Waals surface area contributed by atoms with Crippen LogP contribution in [0.25, 0.3) is 0 Å². The van der Waals surface area contributed by atoms with E-state index in [2.05, 4.69) is 0 Å². The molecule has 0 atom stereocenters. The third-order valence-electron chi connectivity index (χ3n) is 1.62. The van der Waals surface area contributed by atoms with E-state index in [4.69, 9.17) is 17.0 Å². The van der Waals surface area contributed by atoms with Crippen molar-refractivity contribution in [3.05, 3.63) is 28.3 Å². The summed E-state index contributed by atoms with van der Waals surface area (Å²) in [4.78, 5) is 0. The fourth-order valence-electron chi connectivity index (χ4n) is 0.986. The second kappa shape index (κ2) is 3.19. The third kappa shape index (κ3) is 1.61. The molecule has 0 fully saturated rings. The monoisotopic (exact) mass is 186 g/mol. The van der Waals surface area contributed by atoms with E-state index < -0.39 is 0 Å². The number of nitrogens with zero attached hydrogens (tertiary/aromatic N) is 1. The molecule has 12 heavy (non-hydrogen) atoms. The van der Waals surface area contributed by atoms with Gasteiger partial charge in [0, 0.05) is 11.1 Å². The maximum Gasteiger partial charge on any atom is 0.162 e. The molecule has 0 spiro atoms. The Labute approximate surface area is 75.7 Å². The Morgan fingerprint density at radius 1 is 1.50 bits per heavy atom. The van der Waals surface area contributed by atoms with Crippen molar-refractivity contribution in [3.8, 4) is 0 Å². The van der Waals surface area contributed by atoms with E-state index in [-0.39, 0.29) is 11.4 Å². The minimum absolute atomic E-state index is 0.00574. The van der Waals surface area contributed by atoms with Crippen molar-refractivity contribution in [2.24, 2.45) is 0 Å². The minimum Gasteiger partial charge on any atom is -0.427 e. The van der Waals surface area contributed by atoms with Crippen molar-refractivity contribution in [2.45, 2.75) is 19.8 Å². The van der Waals surface area contributed by atoms with Crippen molar-refractivity contribution in [1.82, 2.24) is 4.73 Å². The molecule has 0 aliphatic heterocycles. The third-order valence-corrected chi connectivity index (χ3v) is 1.84. The lowest BCUT2D eigenvalue weighted by atomic mass is 10.1. The molecule has 66 valence electrons. The van der Waals surface area contributed by atoms with Gasteiger partial charge < -0.3 is 5.21 Å². The standard InChI is InChI=1S/C8H11ClN2O/c1-5(2)7-3-6(9)4-8(10)11(7)12/h3-5,10,12H,1-2H3. The smallest absolute Gasteiger partial charge is 0.162 e. The zero-order valence-corrected chi connectivity index (χ0v) is 7.76. The van der Waals surface area contributed by atoms with Crippen LogP contribution < -0.4 is 5.49 Å². The molecule has 0 saturated heterocycles. The number of nitrogens with one attached hydrogen (secondary N) is 1. The summed E-state index contributed by atoms with van der Waals surface area (Å²) < 4.78 is 0.844. The number of rotatable bonds is 1. The summed E-state index contributed by atoms with van der Waals surface area (Å²) in [6, 6.07) is 3.05. The molecule has 0 unspecified atom stereocenters. The van der Waals surface area contributed by atoms with Gasteiger partial charge in [-0.1, -0.05) is 25.4 Å². The van der Waals surface area contributed by atoms with Crippen LogP contribution in [0.15, 0.2) is 12.1 Å². The largest absolute Gasteiger partial charge is 0.427 e. The van der Waals surface area contributed by atoms with Gasteiger partial charge in [0.1, 0.15) is 0 Å². The normalized spacial score (nSPS) is 10.7. The van der Waals surface area contributed by atoms with Gasteiger partial charge in [0.2, 0.25) is 0 Å². The van der Waals surface area contributed by atoms with E-state index in [1.165, 1.54) is 6.07 Å². The van der Waals surface area contributed by atoms with Gasteiger partial charge >= 0.3 is 0 Å². The lowest BCUT2D eigenvalue weighted by Gasteiger charge is -2.10. The highest BCUT2D eigenvalue weighted by atomic mass is 35.5. The minimum atomic E-state index is 0.00574. The Hall–Kier alpha value is -0.960. The van der Waals surface area contributed by atoms with Crippen LogP contribution >= 0.6 is 11.6 Å². The van der Waals surface area contributed by atoms with Crippen LogP contribution in [0.3, 0.4) is 0 Å². The average molecular weight is 187 g/mol. The molecule has 0 radical (unpaired) electrons. The second-order valence-electron chi connectivity index (χ2n) is 2.95. The fraction of sp³-hybridized carbons (Fsp3) is 0.375. The van der Waals surface area contributed by atoms with Crippen LogP contribution in [0.1, 0.15) is 25.5 Å². The first-order valence-corrected chi connectivity index (χ1v) is 4.06. The van der Waals surface area contributed by atoms with Crippen molar-refractivity contribution in [2.75, 3.05) is 0 Å². The molecule has 1 aromatic heterocycles. The second-order valence-corrected chi connectivity index (χ2v) is 3.39. The van der Waals surface area contributed by atoms with Gasteiger partial charge in [-0.25, -0.2) is 0 Å². The molecule has 2 N–H and O–H groups in total. The van der Waals surface area contributed by atoms with Gasteiger partial charge in [-0.05, 0) is 12.0 Å². The zero-order chi connectivity index (χ0) is 9.30. The van der Waals surface area contributed by atoms with Crippen LogP contribution in [-0.4, -0.2) is 9.94 Å². The summed E-state index contributed by atoms with van der Waals surface area (Å²) >= 11 is 5.72. The molecule has 4 heteroatoms. The summed E-state index contributed by atoms with van der Waals surface area (Å²) in [5, 5.41) is 17.2. The van der Waals surface area contributed by atoms with Gasteiger partial charge in [0.05, 0.1) is 5.69 Å². The molecule has 1 rings (SSSR count). The highest BCUT2D eigenvalue weighted by Crippen LogP contribution is 2.15. The highest BCUT2D eigenvalue weighted by Gasteiger charge is 2.06. The Kier molecular flexibility index (Phi) is 2.43. The first-order chi connectivity index (χ1) is 5.52. The summed E-state index contributed by atoms with van der Waals surface area (Å²) in [7, 11) is 0. The van der Waals surface area contributed by atoms with Crippen LogP contribution in [0.2, 0.25) is 5.02 Å². The number of aromatic nitrogens is 1. The molecule has 0 amide bonds. The summed E-state index contributed by atoms with van der Waals surface area (Å²) in [5.41, 5.74) is 0.652. The quantitative estimate of drug-likeness (QED) is 0.648. The first-order valence-electron chi connectivity index (χ1n) is 3.68. The lowest BCUT2D eigenvalue weighted by molar-refractivity contribution is 0.158. The predicted molar refractivity (Wildman–Crippen MR) is 46.6 cm³/mol. The molecular formula is C8H11ClN2O. The van der Waals surface area contributed by atoms with Crippen LogP contribution in [0, 0.1) is 5.41 Å². The molecule has 0 aromatic carbocycles. The van der Waals surface area contributed by atoms with Gasteiger partial charge in [-0.15, -0.1) is 0 Å². The maximum atomic E-state index is 9.36. The van der Waals surface area contributed by atoms with Gasteiger partial charge in [0.25, 0.3) is 0 Å². The van der Waals surface area contributed by atoms with Crippen LogP contribution in [0.5, 0.6) is 0 Å². The molecule has 1 aromatic rings. The van der Waals surface area contributed by atoms with E-state index in [1.54, 1.807) is 6.07 Å². The van der Waals surface area contributed by atoms with E-state index in [0.717, 1.165) is 4.73 Å². The van der Waals surface area contributed by atoms with Crippen molar-refractivity contribution in [3.63, 3.8) is 0 Å². The molecule has 1 heterocycles. The Bertz CT molecular complexity index is 343. The molecular weight excluding hydrogens is 176 g/mol. The van der Waals surface area contributed by atoms with Gasteiger partial charge in [0.15, 0.2) is 5.49 Å². The maximum absolute atomic E-state index is 9.36. The molecule has 0 saturated carbocycles. The van der Waals surface area contributed by atoms with E-state index in [9.17, 15) is 5.21 Å². The molecule has 0 bridgehead atoms. The molecule has 0 aliphatic carbocycles. The number of hydrogen-bond acceptors (Lipinski definition) is 2. The van der Waals surface area contributed by atoms with Crippen molar-refractivity contribution >= 4 is 11.6 Å². The van der Waals surface area contributed by atoms with E-state index in [0.29, 0.717) is 10.7 Å². The molecule has 3 nitrogen and oxygen atoms in total. The summed E-state index contributed by atoms with van der Waals surface area (Å²) in [6.45, 7) is 3.86.